The minimum absolute atomic E-state index is 0.00887. The number of esters is 1. The van der Waals surface area contributed by atoms with Crippen LogP contribution in [0.5, 0.6) is 0 Å². The maximum Gasteiger partial charge on any atom is 0.331 e. The summed E-state index contributed by atoms with van der Waals surface area (Å²) in [6, 6.07) is 16.4. The van der Waals surface area contributed by atoms with E-state index in [1.807, 2.05) is 30.3 Å². The highest BCUT2D eigenvalue weighted by Gasteiger charge is 2.20. The van der Waals surface area contributed by atoms with Gasteiger partial charge in [0.15, 0.2) is 6.10 Å². The number of aromatic amines is 1. The van der Waals surface area contributed by atoms with Gasteiger partial charge in [0.2, 0.25) is 5.78 Å². The van der Waals surface area contributed by atoms with Gasteiger partial charge >= 0.3 is 5.97 Å². The molecular weight excluding hydrogens is 378 g/mol. The predicted molar refractivity (Wildman–Crippen MR) is 119 cm³/mol. The fraction of sp³-hybridized carbons (Fsp3) is 0.240. The van der Waals surface area contributed by atoms with Crippen molar-refractivity contribution in [2.45, 2.75) is 39.2 Å². The smallest absolute Gasteiger partial charge is 0.331 e. The Balaban J connectivity index is 1.67. The molecule has 30 heavy (non-hydrogen) atoms. The van der Waals surface area contributed by atoms with Crippen LogP contribution in [0.4, 0.5) is 0 Å². The largest absolute Gasteiger partial charge is 0.451 e. The number of hydrogen-bond acceptors (Lipinski definition) is 4. The van der Waals surface area contributed by atoms with Crippen LogP contribution in [0, 0.1) is 0 Å². The van der Waals surface area contributed by atoms with Crippen LogP contribution in [0.2, 0.25) is 0 Å². The minimum Gasteiger partial charge on any atom is -0.451 e. The van der Waals surface area contributed by atoms with Crippen molar-refractivity contribution < 1.29 is 14.3 Å². The molecular formula is C25H25NO4. The van der Waals surface area contributed by atoms with E-state index in [9.17, 15) is 14.4 Å². The van der Waals surface area contributed by atoms with Gasteiger partial charge in [-0.2, -0.15) is 0 Å². The number of ketones is 1. The number of hydrogen-bond donors (Lipinski definition) is 1. The van der Waals surface area contributed by atoms with E-state index in [0.29, 0.717) is 11.1 Å². The van der Waals surface area contributed by atoms with Crippen molar-refractivity contribution in [3.8, 4) is 0 Å². The lowest BCUT2D eigenvalue weighted by Gasteiger charge is -2.19. The van der Waals surface area contributed by atoms with Crippen LogP contribution in [-0.2, 0) is 14.9 Å². The summed E-state index contributed by atoms with van der Waals surface area (Å²) in [6.07, 6.45) is 1.62. The molecule has 1 unspecified atom stereocenters. The van der Waals surface area contributed by atoms with E-state index in [-0.39, 0.29) is 16.8 Å². The highest BCUT2D eigenvalue weighted by atomic mass is 16.5. The van der Waals surface area contributed by atoms with Gasteiger partial charge in [0, 0.05) is 22.7 Å². The van der Waals surface area contributed by atoms with E-state index < -0.39 is 12.1 Å². The number of carbonyl (C=O) groups is 2. The van der Waals surface area contributed by atoms with Crippen molar-refractivity contribution >= 4 is 28.7 Å². The molecule has 1 N–H and O–H groups in total. The van der Waals surface area contributed by atoms with Gasteiger partial charge in [0.1, 0.15) is 0 Å². The van der Waals surface area contributed by atoms with Crippen molar-refractivity contribution in [3.05, 3.63) is 87.7 Å². The quantitative estimate of drug-likeness (QED) is 0.382. The zero-order valence-electron chi connectivity index (χ0n) is 17.6. The van der Waals surface area contributed by atoms with Crippen LogP contribution in [0.1, 0.15) is 49.2 Å². The van der Waals surface area contributed by atoms with Crippen molar-refractivity contribution in [1.82, 2.24) is 4.98 Å². The van der Waals surface area contributed by atoms with Gasteiger partial charge < -0.3 is 9.72 Å². The van der Waals surface area contributed by atoms with E-state index >= 15 is 0 Å². The lowest BCUT2D eigenvalue weighted by Crippen LogP contribution is -2.23. The number of carbonyl (C=O) groups excluding carboxylic acids is 2. The van der Waals surface area contributed by atoms with Crippen LogP contribution in [0.3, 0.4) is 0 Å². The monoisotopic (exact) mass is 403 g/mol. The third kappa shape index (κ3) is 4.92. The third-order valence-corrected chi connectivity index (χ3v) is 4.88. The predicted octanol–water partition coefficient (Wildman–Crippen LogP) is 4.65. The number of aromatic nitrogens is 1. The molecule has 1 atom stereocenters. The highest BCUT2D eigenvalue weighted by Crippen LogP contribution is 2.22. The average Bonchev–Trinajstić information content (AvgIpc) is 2.71. The van der Waals surface area contributed by atoms with Crippen LogP contribution >= 0.6 is 0 Å². The van der Waals surface area contributed by atoms with Gasteiger partial charge in [0.05, 0.1) is 0 Å². The van der Waals surface area contributed by atoms with Crippen molar-refractivity contribution in [2.75, 3.05) is 0 Å². The Morgan fingerprint density at radius 2 is 1.70 bits per heavy atom. The van der Waals surface area contributed by atoms with Crippen molar-refractivity contribution in [1.29, 1.82) is 0 Å². The van der Waals surface area contributed by atoms with E-state index in [1.54, 1.807) is 24.3 Å². The molecule has 5 nitrogen and oxygen atoms in total. The number of Topliss-reactive ketones (excluding diaryl/α,β-unsaturated/α-hetero) is 1. The number of rotatable bonds is 5. The first kappa shape index (κ1) is 21.2. The molecule has 0 fully saturated rings. The first-order chi connectivity index (χ1) is 14.1. The number of benzene rings is 2. The molecule has 0 saturated heterocycles. The lowest BCUT2D eigenvalue weighted by atomic mass is 9.86. The molecule has 0 aliphatic carbocycles. The number of para-hydroxylation sites is 1. The zero-order valence-corrected chi connectivity index (χ0v) is 17.6. The highest BCUT2D eigenvalue weighted by molar-refractivity contribution is 6.01. The molecule has 3 aromatic rings. The van der Waals surface area contributed by atoms with E-state index in [1.165, 1.54) is 13.0 Å². The Kier molecular flexibility index (Phi) is 6.01. The van der Waals surface area contributed by atoms with Crippen LogP contribution in [0.25, 0.3) is 17.0 Å². The lowest BCUT2D eigenvalue weighted by molar-refractivity contribution is -0.140. The van der Waals surface area contributed by atoms with Crippen LogP contribution in [0.15, 0.2) is 65.5 Å². The number of fused-ring (bicyclic) bond motifs is 1. The fourth-order valence-corrected chi connectivity index (χ4v) is 3.08. The molecule has 0 saturated carbocycles. The summed E-state index contributed by atoms with van der Waals surface area (Å²) in [5.41, 5.74) is 2.35. The topological polar surface area (TPSA) is 76.2 Å². The summed E-state index contributed by atoms with van der Waals surface area (Å²) in [5, 5.41) is 0.854. The standard InChI is InChI=1S/C25H25NO4/c1-16(23(28)17-9-12-20(13-10-17)25(2,3)4)30-22(27)14-11-19-15-18-7-5-6-8-21(18)26-24(19)29/h5-16H,1-4H3,(H,26,29). The Labute approximate surface area is 175 Å². The second-order valence-corrected chi connectivity index (χ2v) is 8.25. The van der Waals surface area contributed by atoms with E-state index in [0.717, 1.165) is 22.5 Å². The zero-order chi connectivity index (χ0) is 21.9. The van der Waals surface area contributed by atoms with E-state index in [2.05, 4.69) is 25.8 Å². The molecule has 3 rings (SSSR count). The Morgan fingerprint density at radius 1 is 1.03 bits per heavy atom. The first-order valence-corrected chi connectivity index (χ1v) is 9.80. The van der Waals surface area contributed by atoms with Gasteiger partial charge in [0.25, 0.3) is 5.56 Å². The molecule has 0 bridgehead atoms. The van der Waals surface area contributed by atoms with Gasteiger partial charge in [-0.3, -0.25) is 9.59 Å². The molecule has 0 amide bonds. The summed E-state index contributed by atoms with van der Waals surface area (Å²) < 4.78 is 5.23. The number of H-pyrrole nitrogens is 1. The molecule has 0 aliphatic rings. The first-order valence-electron chi connectivity index (χ1n) is 9.80. The molecule has 0 radical (unpaired) electrons. The summed E-state index contributed by atoms with van der Waals surface area (Å²) in [4.78, 5) is 39.6. The molecule has 1 heterocycles. The molecule has 1 aromatic heterocycles. The van der Waals surface area contributed by atoms with Crippen LogP contribution < -0.4 is 5.56 Å². The fourth-order valence-electron chi connectivity index (χ4n) is 3.08. The number of nitrogens with one attached hydrogen (secondary N) is 1. The van der Waals surface area contributed by atoms with Gasteiger partial charge in [-0.05, 0) is 41.5 Å². The molecule has 0 spiro atoms. The molecule has 5 heteroatoms. The molecule has 154 valence electrons. The second kappa shape index (κ2) is 8.49. The second-order valence-electron chi connectivity index (χ2n) is 8.25. The SMILES string of the molecule is CC(OC(=O)C=Cc1cc2ccccc2[nH]c1=O)C(=O)c1ccc(C(C)(C)C)cc1. The Bertz CT molecular complexity index is 1160. The Hall–Kier alpha value is -3.47. The molecule has 2 aromatic carbocycles. The Morgan fingerprint density at radius 3 is 2.37 bits per heavy atom. The van der Waals surface area contributed by atoms with Gasteiger partial charge in [-0.25, -0.2) is 4.79 Å². The summed E-state index contributed by atoms with van der Waals surface area (Å²) in [7, 11) is 0. The van der Waals surface area contributed by atoms with Gasteiger partial charge in [-0.1, -0.05) is 63.2 Å². The molecule has 0 aliphatic heterocycles. The summed E-state index contributed by atoms with van der Waals surface area (Å²) >= 11 is 0. The maximum absolute atomic E-state index is 12.6. The average molecular weight is 403 g/mol. The normalized spacial score (nSPS) is 12.8. The third-order valence-electron chi connectivity index (χ3n) is 4.88. The minimum atomic E-state index is -0.933. The summed E-state index contributed by atoms with van der Waals surface area (Å²) in [6.45, 7) is 7.83. The maximum atomic E-state index is 12.6. The van der Waals surface area contributed by atoms with Gasteiger partial charge in [-0.15, -0.1) is 0 Å². The number of ether oxygens (including phenoxy) is 1. The van der Waals surface area contributed by atoms with E-state index in [4.69, 9.17) is 4.74 Å². The van der Waals surface area contributed by atoms with Crippen molar-refractivity contribution in [2.24, 2.45) is 0 Å². The summed E-state index contributed by atoms with van der Waals surface area (Å²) in [5.74, 6) is -0.963. The number of pyridine rings is 1. The van der Waals surface area contributed by atoms with Crippen molar-refractivity contribution in [3.63, 3.8) is 0 Å². The van der Waals surface area contributed by atoms with Crippen LogP contribution in [-0.4, -0.2) is 22.8 Å².